The summed E-state index contributed by atoms with van der Waals surface area (Å²) in [5.41, 5.74) is 2.18. The Labute approximate surface area is 135 Å². The van der Waals surface area contributed by atoms with Gasteiger partial charge >= 0.3 is 135 Å². The summed E-state index contributed by atoms with van der Waals surface area (Å²) in [4.78, 5) is 2.17. The first-order valence-corrected chi connectivity index (χ1v) is 8.79. The Morgan fingerprint density at radius 1 is 0.955 bits per heavy atom. The first-order valence-electron chi connectivity index (χ1n) is 7.08. The minimum absolute atomic E-state index is 0.266. The number of hydrogen-bond donors (Lipinski definition) is 0. The van der Waals surface area contributed by atoms with Crippen molar-refractivity contribution in [1.29, 1.82) is 0 Å². The van der Waals surface area contributed by atoms with Crippen molar-refractivity contribution in [3.05, 3.63) is 60.4 Å². The minimum atomic E-state index is 0.266. The Hall–Kier alpha value is -2.16. The van der Waals surface area contributed by atoms with Crippen molar-refractivity contribution in [2.45, 2.75) is 6.92 Å². The zero-order valence-electron chi connectivity index (χ0n) is 12.4. The van der Waals surface area contributed by atoms with Gasteiger partial charge in [0.1, 0.15) is 0 Å². The Balaban J connectivity index is 1.98. The summed E-state index contributed by atoms with van der Waals surface area (Å²) in [5, 5.41) is 0. The molecule has 22 heavy (non-hydrogen) atoms. The number of furan rings is 1. The quantitative estimate of drug-likeness (QED) is 0.517. The molecule has 1 aromatic heterocycles. The number of hydrogen-bond acceptors (Lipinski definition) is 3. The van der Waals surface area contributed by atoms with Crippen LogP contribution in [0.5, 0.6) is 5.75 Å². The van der Waals surface area contributed by atoms with Crippen LogP contribution in [0.2, 0.25) is 0 Å². The van der Waals surface area contributed by atoms with E-state index in [4.69, 9.17) is 9.15 Å². The Bertz CT molecular complexity index is 841. The summed E-state index contributed by atoms with van der Waals surface area (Å²) in [6.45, 7) is 2.00. The molecule has 0 unspecified atom stereocenters. The molecule has 2 heterocycles. The summed E-state index contributed by atoms with van der Waals surface area (Å²) < 4.78 is 14.2. The molecule has 0 saturated carbocycles. The fourth-order valence-electron chi connectivity index (χ4n) is 2.72. The van der Waals surface area contributed by atoms with Crippen molar-refractivity contribution in [2.24, 2.45) is 0 Å². The fourth-order valence-corrected chi connectivity index (χ4v) is 5.01. The van der Waals surface area contributed by atoms with E-state index in [0.717, 1.165) is 23.1 Å². The normalized spacial score (nSPS) is 12.7. The monoisotopic (exact) mass is 357 g/mol. The molecule has 1 aliphatic heterocycles. The van der Waals surface area contributed by atoms with Crippen molar-refractivity contribution < 1.29 is 9.15 Å². The molecule has 0 amide bonds. The molecule has 3 aromatic rings. The van der Waals surface area contributed by atoms with Crippen LogP contribution >= 0.6 is 0 Å². The van der Waals surface area contributed by atoms with Gasteiger partial charge in [-0.2, -0.15) is 0 Å². The summed E-state index contributed by atoms with van der Waals surface area (Å²) in [6.07, 6.45) is 0. The second-order valence-electron chi connectivity index (χ2n) is 5.10. The third-order valence-electron chi connectivity index (χ3n) is 3.66. The van der Waals surface area contributed by atoms with Crippen LogP contribution in [0.1, 0.15) is 5.76 Å². The van der Waals surface area contributed by atoms with Crippen molar-refractivity contribution in [1.82, 2.24) is 0 Å². The number of para-hydroxylation sites is 3. The Morgan fingerprint density at radius 2 is 1.68 bits per heavy atom. The molecule has 0 atom stereocenters. The standard InChI is InChI=1S/C18H15NO2Se/c1-12-11-17-18(21-12)19(13-7-3-5-9-15(13)20-2)14-8-4-6-10-16(14)22-17/h3-11H,1-2H3. The van der Waals surface area contributed by atoms with Crippen LogP contribution in [0.4, 0.5) is 17.3 Å². The summed E-state index contributed by atoms with van der Waals surface area (Å²) in [7, 11) is 1.70. The number of ether oxygens (including phenoxy) is 1. The number of aryl methyl sites for hydroxylation is 1. The van der Waals surface area contributed by atoms with Crippen LogP contribution in [-0.4, -0.2) is 22.1 Å². The molecule has 0 bridgehead atoms. The Kier molecular flexibility index (Phi) is 3.21. The summed E-state index contributed by atoms with van der Waals surface area (Å²) in [5.74, 6) is 2.70. The van der Waals surface area contributed by atoms with Gasteiger partial charge in [0.25, 0.3) is 0 Å². The van der Waals surface area contributed by atoms with Gasteiger partial charge < -0.3 is 0 Å². The van der Waals surface area contributed by atoms with Crippen LogP contribution in [0.15, 0.2) is 59.0 Å². The maximum atomic E-state index is 6.02. The predicted molar refractivity (Wildman–Crippen MR) is 89.7 cm³/mol. The predicted octanol–water partition coefficient (Wildman–Crippen LogP) is 3.03. The van der Waals surface area contributed by atoms with Gasteiger partial charge in [-0.05, 0) is 0 Å². The SMILES string of the molecule is COc1ccccc1N1c2ccccc2[Se]c2cc(C)oc21. The first kappa shape index (κ1) is 13.5. The van der Waals surface area contributed by atoms with Crippen LogP contribution in [-0.2, 0) is 0 Å². The van der Waals surface area contributed by atoms with Crippen molar-refractivity contribution >= 4 is 41.1 Å². The second-order valence-corrected chi connectivity index (χ2v) is 7.38. The second kappa shape index (κ2) is 5.24. The summed E-state index contributed by atoms with van der Waals surface area (Å²) in [6, 6.07) is 18.7. The molecular formula is C18H15NO2Se. The molecule has 2 aromatic carbocycles. The number of rotatable bonds is 2. The van der Waals surface area contributed by atoms with Gasteiger partial charge in [-0.1, -0.05) is 0 Å². The van der Waals surface area contributed by atoms with E-state index in [-0.39, 0.29) is 15.0 Å². The molecule has 0 aliphatic carbocycles. The maximum absolute atomic E-state index is 6.02. The van der Waals surface area contributed by atoms with Gasteiger partial charge in [0, 0.05) is 0 Å². The zero-order valence-corrected chi connectivity index (χ0v) is 14.1. The van der Waals surface area contributed by atoms with Gasteiger partial charge in [-0.3, -0.25) is 0 Å². The van der Waals surface area contributed by atoms with E-state index in [2.05, 4.69) is 41.3 Å². The molecule has 0 spiro atoms. The molecule has 4 heteroatoms. The topological polar surface area (TPSA) is 25.6 Å². The average molecular weight is 356 g/mol. The van der Waals surface area contributed by atoms with Gasteiger partial charge in [0.15, 0.2) is 0 Å². The molecule has 0 radical (unpaired) electrons. The molecule has 3 nitrogen and oxygen atoms in total. The number of fused-ring (bicyclic) bond motifs is 2. The molecule has 110 valence electrons. The van der Waals surface area contributed by atoms with Crippen LogP contribution in [0.25, 0.3) is 0 Å². The molecule has 0 N–H and O–H groups in total. The zero-order chi connectivity index (χ0) is 15.1. The van der Waals surface area contributed by atoms with E-state index in [1.54, 1.807) is 7.11 Å². The van der Waals surface area contributed by atoms with Gasteiger partial charge in [0.05, 0.1) is 0 Å². The Morgan fingerprint density at radius 3 is 2.50 bits per heavy atom. The van der Waals surface area contributed by atoms with E-state index < -0.39 is 0 Å². The van der Waals surface area contributed by atoms with Crippen LogP contribution in [0.3, 0.4) is 0 Å². The van der Waals surface area contributed by atoms with Crippen LogP contribution < -0.4 is 18.6 Å². The molecule has 1 aliphatic rings. The number of anilines is 3. The fraction of sp³-hybridized carbons (Fsp3) is 0.111. The van der Waals surface area contributed by atoms with Crippen LogP contribution in [0, 0.1) is 6.92 Å². The molecule has 4 rings (SSSR count). The first-order chi connectivity index (χ1) is 10.8. The number of benzene rings is 2. The van der Waals surface area contributed by atoms with E-state index >= 15 is 0 Å². The third-order valence-corrected chi connectivity index (χ3v) is 5.92. The van der Waals surface area contributed by atoms with Crippen molar-refractivity contribution in [3.63, 3.8) is 0 Å². The summed E-state index contributed by atoms with van der Waals surface area (Å²) >= 11 is 0.266. The average Bonchev–Trinajstić information content (AvgIpc) is 2.92. The molecule has 0 saturated heterocycles. The molecule has 0 fully saturated rings. The van der Waals surface area contributed by atoms with Crippen molar-refractivity contribution in [3.8, 4) is 5.75 Å². The third kappa shape index (κ3) is 2.04. The van der Waals surface area contributed by atoms with E-state index in [1.165, 1.54) is 14.6 Å². The number of nitrogens with zero attached hydrogens (tertiary/aromatic N) is 1. The number of methoxy groups -OCH3 is 1. The van der Waals surface area contributed by atoms with Gasteiger partial charge in [-0.15, -0.1) is 0 Å². The van der Waals surface area contributed by atoms with Gasteiger partial charge in [0.2, 0.25) is 0 Å². The molecular weight excluding hydrogens is 341 g/mol. The van der Waals surface area contributed by atoms with Crippen molar-refractivity contribution in [2.75, 3.05) is 12.0 Å². The van der Waals surface area contributed by atoms with E-state index in [1.807, 2.05) is 25.1 Å². The van der Waals surface area contributed by atoms with Gasteiger partial charge in [-0.25, -0.2) is 0 Å². The van der Waals surface area contributed by atoms with E-state index in [9.17, 15) is 0 Å². The van der Waals surface area contributed by atoms with E-state index in [0.29, 0.717) is 0 Å².